The number of nitrogens with two attached hydrogens (primary N) is 1. The second-order valence-corrected chi connectivity index (χ2v) is 13.8. The number of halogens is 1. The van der Waals surface area contributed by atoms with Gasteiger partial charge in [-0.05, 0) is 120 Å². The van der Waals surface area contributed by atoms with Crippen molar-refractivity contribution in [3.63, 3.8) is 0 Å². The number of nitrogens with zero attached hydrogens (tertiary/aromatic N) is 4. The van der Waals surface area contributed by atoms with Gasteiger partial charge in [-0.25, -0.2) is 14.8 Å². The number of carbonyl (C=O) groups excluding carboxylic acids is 1. The molecule has 2 aliphatic rings. The lowest BCUT2D eigenvalue weighted by atomic mass is 9.98. The van der Waals surface area contributed by atoms with E-state index < -0.39 is 11.4 Å². The van der Waals surface area contributed by atoms with E-state index in [0.717, 1.165) is 67.4 Å². The van der Waals surface area contributed by atoms with Crippen LogP contribution in [0, 0.1) is 11.8 Å². The Hall–Kier alpha value is -1.60. The van der Waals surface area contributed by atoms with Gasteiger partial charge >= 0.3 is 6.09 Å². The third kappa shape index (κ3) is 11.7. The van der Waals surface area contributed by atoms with Crippen molar-refractivity contribution in [3.8, 4) is 0 Å². The van der Waals surface area contributed by atoms with Crippen LogP contribution in [0.25, 0.3) is 11.0 Å². The minimum atomic E-state index is -1.50. The van der Waals surface area contributed by atoms with Crippen molar-refractivity contribution in [2.45, 2.75) is 84.2 Å². The average Bonchev–Trinajstić information content (AvgIpc) is 3.42. The Balaban J connectivity index is 0.000000621. The van der Waals surface area contributed by atoms with Crippen LogP contribution in [0.4, 0.5) is 10.6 Å². The van der Waals surface area contributed by atoms with E-state index in [2.05, 4.69) is 42.0 Å². The molecule has 10 nitrogen and oxygen atoms in total. The van der Waals surface area contributed by atoms with E-state index in [1.807, 2.05) is 38.2 Å². The average molecular weight is 646 g/mol. The quantitative estimate of drug-likeness (QED) is 0.330. The van der Waals surface area contributed by atoms with Crippen LogP contribution in [0.2, 0.25) is 0 Å². The Bertz CT molecular complexity index is 1060. The van der Waals surface area contributed by atoms with E-state index in [1.54, 1.807) is 11.8 Å². The number of hydrogen-bond acceptors (Lipinski definition) is 9. The molecular weight excluding hydrogens is 596 g/mol. The number of amides is 1. The second kappa shape index (κ2) is 15.6. The molecule has 1 saturated carbocycles. The van der Waals surface area contributed by atoms with Gasteiger partial charge in [-0.2, -0.15) is 11.8 Å². The number of nitrogens with one attached hydrogen (secondary N) is 1. The first-order valence-corrected chi connectivity index (χ1v) is 16.4. The molecule has 0 unspecified atom stereocenters. The Morgan fingerprint density at radius 3 is 2.38 bits per heavy atom. The summed E-state index contributed by atoms with van der Waals surface area (Å²) in [5.74, 6) is -0.0932. The molecule has 12 heteroatoms. The first kappa shape index (κ1) is 34.6. The SMILES string of the molecule is CC(C)(C)OC(=O)N(C[C@@H]1CC[C@H](n2cc(Br)c3c(N)ncnc32)C1)C[C@H]1CCCNC1.CC(C)(O)O.CSC. The molecule has 2 fully saturated rings. The van der Waals surface area contributed by atoms with Crippen LogP contribution >= 0.6 is 27.7 Å². The van der Waals surface area contributed by atoms with Crippen LogP contribution in [0.5, 0.6) is 0 Å². The maximum absolute atomic E-state index is 13.0. The maximum Gasteiger partial charge on any atom is 0.410 e. The molecule has 40 heavy (non-hydrogen) atoms. The van der Waals surface area contributed by atoms with Gasteiger partial charge in [-0.1, -0.05) is 0 Å². The molecule has 228 valence electrons. The van der Waals surface area contributed by atoms with Crippen LogP contribution < -0.4 is 11.1 Å². The second-order valence-electron chi connectivity index (χ2n) is 12.2. The topological polar surface area (TPSA) is 139 Å². The summed E-state index contributed by atoms with van der Waals surface area (Å²) >= 11 is 5.37. The number of fused-ring (bicyclic) bond motifs is 1. The maximum atomic E-state index is 13.0. The zero-order valence-electron chi connectivity index (χ0n) is 25.1. The predicted octanol–water partition coefficient (Wildman–Crippen LogP) is 5.04. The molecular formula is C28H49BrN6O4S. The summed E-state index contributed by atoms with van der Waals surface area (Å²) in [6, 6.07) is 0.333. The molecule has 0 spiro atoms. The molecule has 2 aromatic heterocycles. The van der Waals surface area contributed by atoms with Gasteiger partial charge in [0.15, 0.2) is 5.79 Å². The van der Waals surface area contributed by atoms with Crippen LogP contribution in [-0.4, -0.2) is 85.8 Å². The lowest BCUT2D eigenvalue weighted by molar-refractivity contribution is -0.127. The van der Waals surface area contributed by atoms with Crippen molar-refractivity contribution in [2.75, 3.05) is 44.4 Å². The molecule has 0 radical (unpaired) electrons. The lowest BCUT2D eigenvalue weighted by Crippen LogP contribution is -2.44. The summed E-state index contributed by atoms with van der Waals surface area (Å²) in [4.78, 5) is 23.6. The van der Waals surface area contributed by atoms with Crippen molar-refractivity contribution in [1.82, 2.24) is 24.8 Å². The number of carbonyl (C=O) groups is 1. The molecule has 3 heterocycles. The minimum Gasteiger partial charge on any atom is -0.444 e. The van der Waals surface area contributed by atoms with E-state index in [1.165, 1.54) is 26.6 Å². The zero-order valence-corrected chi connectivity index (χ0v) is 27.5. The van der Waals surface area contributed by atoms with Gasteiger partial charge in [0.1, 0.15) is 23.4 Å². The van der Waals surface area contributed by atoms with Gasteiger partial charge < -0.3 is 35.5 Å². The van der Waals surface area contributed by atoms with E-state index >= 15 is 0 Å². The standard InChI is InChI=1S/C23H35BrN6O2.C3H8O2.C2H6S/c1-23(2,3)32-22(31)29(12-16-5-4-8-26-10-16)11-15-6-7-17(9-15)30-13-18(24)19-20(25)27-14-28-21(19)30;1-3(2,4)5;1-3-2/h13-17,26H,4-12H2,1-3H3,(H2,25,27,28);4-5H,1-2H3;1-2H3/t15-,16+,17+;;/m1../s1. The van der Waals surface area contributed by atoms with E-state index in [0.29, 0.717) is 23.7 Å². The Labute approximate surface area is 252 Å². The molecule has 1 amide bonds. The highest BCUT2D eigenvalue weighted by Gasteiger charge is 2.33. The highest BCUT2D eigenvalue weighted by molar-refractivity contribution is 9.10. The smallest absolute Gasteiger partial charge is 0.410 e. The molecule has 2 aromatic rings. The highest BCUT2D eigenvalue weighted by atomic mass is 79.9. The predicted molar refractivity (Wildman–Crippen MR) is 167 cm³/mol. The van der Waals surface area contributed by atoms with Crippen molar-refractivity contribution in [1.29, 1.82) is 0 Å². The molecule has 0 bridgehead atoms. The molecule has 3 atom stereocenters. The number of piperidine rings is 1. The van der Waals surface area contributed by atoms with Crippen LogP contribution in [0.15, 0.2) is 17.0 Å². The largest absolute Gasteiger partial charge is 0.444 e. The van der Waals surface area contributed by atoms with E-state index in [-0.39, 0.29) is 6.09 Å². The summed E-state index contributed by atoms with van der Waals surface area (Å²) in [5.41, 5.74) is 6.45. The van der Waals surface area contributed by atoms with Gasteiger partial charge in [0.25, 0.3) is 0 Å². The first-order chi connectivity index (χ1) is 18.6. The minimum absolute atomic E-state index is 0.193. The van der Waals surface area contributed by atoms with Gasteiger partial charge in [0, 0.05) is 29.8 Å². The number of anilines is 1. The van der Waals surface area contributed by atoms with E-state index in [4.69, 9.17) is 20.7 Å². The van der Waals surface area contributed by atoms with Crippen molar-refractivity contribution < 1.29 is 19.7 Å². The zero-order chi connectivity index (χ0) is 30.1. The summed E-state index contributed by atoms with van der Waals surface area (Å²) in [7, 11) is 0. The van der Waals surface area contributed by atoms with Gasteiger partial charge in [0.05, 0.1) is 5.39 Å². The molecule has 1 saturated heterocycles. The number of hydrogen-bond donors (Lipinski definition) is 4. The normalized spacial score (nSPS) is 21.2. The first-order valence-electron chi connectivity index (χ1n) is 13.9. The third-order valence-corrected chi connectivity index (χ3v) is 7.11. The molecule has 0 aromatic carbocycles. The van der Waals surface area contributed by atoms with Gasteiger partial charge in [0.2, 0.25) is 0 Å². The highest BCUT2D eigenvalue weighted by Crippen LogP contribution is 2.39. The number of thioether (sulfide) groups is 1. The number of ether oxygens (including phenoxy) is 1. The van der Waals surface area contributed by atoms with Gasteiger partial charge in [-0.3, -0.25) is 0 Å². The fraction of sp³-hybridized carbons (Fsp3) is 0.750. The van der Waals surface area contributed by atoms with Crippen LogP contribution in [-0.2, 0) is 4.74 Å². The fourth-order valence-corrected chi connectivity index (χ4v) is 5.66. The number of aliphatic hydroxyl groups is 2. The summed E-state index contributed by atoms with van der Waals surface area (Å²) in [6.07, 6.45) is 12.9. The summed E-state index contributed by atoms with van der Waals surface area (Å²) in [5, 5.41) is 20.5. The Morgan fingerprint density at radius 2 is 1.80 bits per heavy atom. The van der Waals surface area contributed by atoms with Crippen molar-refractivity contribution in [3.05, 3.63) is 17.0 Å². The van der Waals surface area contributed by atoms with Gasteiger partial charge in [-0.15, -0.1) is 0 Å². The van der Waals surface area contributed by atoms with Crippen LogP contribution in [0.3, 0.4) is 0 Å². The van der Waals surface area contributed by atoms with Crippen molar-refractivity contribution in [2.24, 2.45) is 11.8 Å². The Morgan fingerprint density at radius 1 is 1.18 bits per heavy atom. The molecule has 5 N–H and O–H groups in total. The summed E-state index contributed by atoms with van der Waals surface area (Å²) < 4.78 is 8.91. The fourth-order valence-electron chi connectivity index (χ4n) is 5.06. The summed E-state index contributed by atoms with van der Waals surface area (Å²) in [6.45, 7) is 11.9. The monoisotopic (exact) mass is 644 g/mol. The molecule has 4 rings (SSSR count). The number of nitrogen functional groups attached to an aromatic ring is 1. The van der Waals surface area contributed by atoms with Crippen molar-refractivity contribution >= 4 is 50.6 Å². The van der Waals surface area contributed by atoms with E-state index in [9.17, 15) is 4.79 Å². The molecule has 1 aliphatic heterocycles. The third-order valence-electron chi connectivity index (χ3n) is 6.51. The number of aromatic nitrogens is 3. The Kier molecular flexibility index (Phi) is 13.5. The number of rotatable bonds is 5. The van der Waals surface area contributed by atoms with Crippen LogP contribution in [0.1, 0.15) is 72.8 Å². The lowest BCUT2D eigenvalue weighted by Gasteiger charge is -2.33. The molecule has 1 aliphatic carbocycles.